The number of aryl methyl sites for hydroxylation is 1. The number of ether oxygens (including phenoxy) is 1. The maximum Gasteiger partial charge on any atom is 0.113 e. The average Bonchev–Trinajstić information content (AvgIpc) is 2.85. The topological polar surface area (TPSA) is 103 Å². The van der Waals surface area contributed by atoms with Gasteiger partial charge >= 0.3 is 0 Å². The zero-order valence-electron chi connectivity index (χ0n) is 18.6. The molecule has 1 saturated heterocycles. The maximum absolute atomic E-state index is 10.4. The molecule has 0 aliphatic carbocycles. The van der Waals surface area contributed by atoms with Crippen molar-refractivity contribution in [1.82, 2.24) is 4.98 Å². The van der Waals surface area contributed by atoms with E-state index in [-0.39, 0.29) is 0 Å². The average molecular weight is 480 g/mol. The van der Waals surface area contributed by atoms with Crippen LogP contribution in [0.1, 0.15) is 39.6 Å². The summed E-state index contributed by atoms with van der Waals surface area (Å²) in [4.78, 5) is 4.24. The van der Waals surface area contributed by atoms with E-state index in [1.807, 2.05) is 49.4 Å². The molecule has 1 aromatic heterocycles. The van der Waals surface area contributed by atoms with Crippen molar-refractivity contribution in [2.75, 3.05) is 6.61 Å². The maximum atomic E-state index is 10.4. The second-order valence-corrected chi connectivity index (χ2v) is 8.82. The lowest BCUT2D eigenvalue weighted by Gasteiger charge is -2.40. The predicted octanol–water partition coefficient (Wildman–Crippen LogP) is 2.55. The Labute approximate surface area is 203 Å². The van der Waals surface area contributed by atoms with Gasteiger partial charge in [-0.25, -0.2) is 0 Å². The van der Waals surface area contributed by atoms with E-state index < -0.39 is 37.1 Å². The SMILES string of the molecule is Cc1ccc(C#Cc2ccc(Cc3cc([C@@H]4O[C@H](CO)[C@@H](O)C(O)[C@H]4O)ccc3Cl)cc2)cn1. The first kappa shape index (κ1) is 24.4. The molecule has 0 saturated carbocycles. The number of hydrogen-bond donors (Lipinski definition) is 4. The number of aliphatic hydroxyl groups excluding tert-OH is 4. The van der Waals surface area contributed by atoms with Crippen LogP contribution in [0.4, 0.5) is 0 Å². The Morgan fingerprint density at radius 2 is 1.62 bits per heavy atom. The fraction of sp³-hybridized carbons (Fsp3) is 0.296. The Kier molecular flexibility index (Phi) is 7.64. The Balaban J connectivity index is 1.50. The molecule has 4 rings (SSSR count). The van der Waals surface area contributed by atoms with Crippen LogP contribution in [0.5, 0.6) is 0 Å². The van der Waals surface area contributed by atoms with Crippen molar-refractivity contribution in [3.05, 3.63) is 99.3 Å². The largest absolute Gasteiger partial charge is 0.394 e. The van der Waals surface area contributed by atoms with E-state index in [4.69, 9.17) is 16.3 Å². The van der Waals surface area contributed by atoms with Crippen LogP contribution in [0.15, 0.2) is 60.8 Å². The van der Waals surface area contributed by atoms with E-state index in [0.29, 0.717) is 17.0 Å². The summed E-state index contributed by atoms with van der Waals surface area (Å²) in [6.45, 7) is 1.46. The van der Waals surface area contributed by atoms with E-state index in [9.17, 15) is 20.4 Å². The molecule has 5 atom stereocenters. The Morgan fingerprint density at radius 1 is 0.912 bits per heavy atom. The summed E-state index contributed by atoms with van der Waals surface area (Å²) >= 11 is 6.43. The third kappa shape index (κ3) is 5.48. The molecule has 4 N–H and O–H groups in total. The molecule has 0 radical (unpaired) electrons. The molecule has 7 heteroatoms. The lowest BCUT2D eigenvalue weighted by atomic mass is 9.90. The van der Waals surface area contributed by atoms with Crippen LogP contribution >= 0.6 is 11.6 Å². The highest BCUT2D eigenvalue weighted by Crippen LogP contribution is 2.34. The van der Waals surface area contributed by atoms with Gasteiger partial charge in [-0.15, -0.1) is 0 Å². The van der Waals surface area contributed by atoms with Crippen molar-refractivity contribution in [3.8, 4) is 11.8 Å². The van der Waals surface area contributed by atoms with Gasteiger partial charge in [-0.3, -0.25) is 4.98 Å². The van der Waals surface area contributed by atoms with Gasteiger partial charge in [0.1, 0.15) is 30.5 Å². The number of nitrogens with zero attached hydrogens (tertiary/aromatic N) is 1. The first-order valence-corrected chi connectivity index (χ1v) is 11.4. The van der Waals surface area contributed by atoms with Crippen LogP contribution in [-0.4, -0.2) is 56.4 Å². The summed E-state index contributed by atoms with van der Waals surface area (Å²) in [6.07, 6.45) is -3.74. The summed E-state index contributed by atoms with van der Waals surface area (Å²) in [5.41, 5.74) is 5.13. The number of aliphatic hydroxyl groups is 4. The van der Waals surface area contributed by atoms with Crippen molar-refractivity contribution in [3.63, 3.8) is 0 Å². The molecule has 1 aliphatic heterocycles. The van der Waals surface area contributed by atoms with Crippen LogP contribution in [-0.2, 0) is 11.2 Å². The molecule has 176 valence electrons. The standard InChI is InChI=1S/C27H26ClNO5/c1-16-2-3-19(14-29-16)9-6-17-4-7-18(8-5-17)12-21-13-20(10-11-22(21)28)27-26(33)25(32)24(31)23(15-30)34-27/h2-5,7-8,10-11,13-14,23-27,30-33H,12,15H2,1H3/t23-,24-,25?,26-,27+/m1/s1. The lowest BCUT2D eigenvalue weighted by molar-refractivity contribution is -0.231. The highest BCUT2D eigenvalue weighted by Gasteiger charge is 2.44. The Bertz CT molecular complexity index is 1180. The van der Waals surface area contributed by atoms with E-state index >= 15 is 0 Å². The quantitative estimate of drug-likeness (QED) is 0.429. The Hall–Kier alpha value is -2.76. The van der Waals surface area contributed by atoms with Gasteiger partial charge in [0.25, 0.3) is 0 Å². The molecule has 0 bridgehead atoms. The fourth-order valence-electron chi connectivity index (χ4n) is 3.90. The van der Waals surface area contributed by atoms with Crippen LogP contribution in [0.3, 0.4) is 0 Å². The molecule has 34 heavy (non-hydrogen) atoms. The summed E-state index contributed by atoms with van der Waals surface area (Å²) in [7, 11) is 0. The van der Waals surface area contributed by atoms with Gasteiger partial charge in [-0.05, 0) is 60.4 Å². The zero-order valence-corrected chi connectivity index (χ0v) is 19.4. The van der Waals surface area contributed by atoms with Crippen LogP contribution in [0.25, 0.3) is 0 Å². The summed E-state index contributed by atoms with van der Waals surface area (Å²) < 4.78 is 5.67. The molecule has 6 nitrogen and oxygen atoms in total. The van der Waals surface area contributed by atoms with Crippen LogP contribution in [0.2, 0.25) is 5.02 Å². The zero-order chi connectivity index (χ0) is 24.2. The monoisotopic (exact) mass is 479 g/mol. The smallest absolute Gasteiger partial charge is 0.113 e. The fourth-order valence-corrected chi connectivity index (χ4v) is 4.08. The van der Waals surface area contributed by atoms with Crippen molar-refractivity contribution in [1.29, 1.82) is 0 Å². The Morgan fingerprint density at radius 3 is 2.29 bits per heavy atom. The van der Waals surface area contributed by atoms with Crippen molar-refractivity contribution in [2.45, 2.75) is 43.9 Å². The highest BCUT2D eigenvalue weighted by molar-refractivity contribution is 6.31. The van der Waals surface area contributed by atoms with Crippen molar-refractivity contribution >= 4 is 11.6 Å². The van der Waals surface area contributed by atoms with E-state index in [0.717, 1.165) is 27.9 Å². The van der Waals surface area contributed by atoms with Gasteiger partial charge in [0.05, 0.1) is 6.61 Å². The van der Waals surface area contributed by atoms with Gasteiger partial charge in [0.2, 0.25) is 0 Å². The number of hydrogen-bond acceptors (Lipinski definition) is 6. The van der Waals surface area contributed by atoms with Crippen molar-refractivity contribution < 1.29 is 25.2 Å². The number of aromatic nitrogens is 1. The third-order valence-corrected chi connectivity index (χ3v) is 6.27. The first-order valence-electron chi connectivity index (χ1n) is 11.0. The van der Waals surface area contributed by atoms with Gasteiger partial charge < -0.3 is 25.2 Å². The van der Waals surface area contributed by atoms with Gasteiger partial charge in [0, 0.05) is 28.0 Å². The number of pyridine rings is 1. The highest BCUT2D eigenvalue weighted by atomic mass is 35.5. The molecule has 2 heterocycles. The minimum absolute atomic E-state index is 0.475. The van der Waals surface area contributed by atoms with E-state index in [2.05, 4.69) is 16.8 Å². The summed E-state index contributed by atoms with van der Waals surface area (Å²) in [6, 6.07) is 16.9. The molecule has 0 amide bonds. The number of rotatable bonds is 4. The van der Waals surface area contributed by atoms with Crippen LogP contribution in [0, 0.1) is 18.8 Å². The van der Waals surface area contributed by atoms with E-state index in [1.54, 1.807) is 18.3 Å². The minimum Gasteiger partial charge on any atom is -0.394 e. The van der Waals surface area contributed by atoms with Gasteiger partial charge in [-0.2, -0.15) is 0 Å². The number of halogens is 1. The van der Waals surface area contributed by atoms with Crippen molar-refractivity contribution in [2.24, 2.45) is 0 Å². The minimum atomic E-state index is -1.43. The summed E-state index contributed by atoms with van der Waals surface area (Å²) in [5, 5.41) is 40.6. The molecule has 1 fully saturated rings. The lowest BCUT2D eigenvalue weighted by Crippen LogP contribution is -2.55. The van der Waals surface area contributed by atoms with Crippen LogP contribution < -0.4 is 0 Å². The third-order valence-electron chi connectivity index (χ3n) is 5.90. The van der Waals surface area contributed by atoms with Gasteiger partial charge in [0.15, 0.2) is 0 Å². The predicted molar refractivity (Wildman–Crippen MR) is 128 cm³/mol. The molecule has 1 aliphatic rings. The second-order valence-electron chi connectivity index (χ2n) is 8.41. The molecule has 0 spiro atoms. The molecule has 1 unspecified atom stereocenters. The molecular weight excluding hydrogens is 454 g/mol. The first-order chi connectivity index (χ1) is 16.4. The van der Waals surface area contributed by atoms with Gasteiger partial charge in [-0.1, -0.05) is 47.7 Å². The molecule has 3 aromatic rings. The number of benzene rings is 2. The molecule has 2 aromatic carbocycles. The molecular formula is C27H26ClNO5. The second kappa shape index (κ2) is 10.7. The van der Waals surface area contributed by atoms with E-state index in [1.165, 1.54) is 0 Å². The normalized spacial score (nSPS) is 24.4. The summed E-state index contributed by atoms with van der Waals surface area (Å²) in [5.74, 6) is 6.23.